The molecule has 1 unspecified atom stereocenters. The van der Waals surface area contributed by atoms with Crippen molar-refractivity contribution < 1.29 is 9.53 Å². The molecule has 1 N–H and O–H groups in total. The molecule has 0 saturated heterocycles. The maximum absolute atomic E-state index is 12.4. The molecule has 2 rings (SSSR count). The van der Waals surface area contributed by atoms with Crippen LogP contribution in [0.5, 0.6) is 5.75 Å². The van der Waals surface area contributed by atoms with E-state index in [4.69, 9.17) is 4.74 Å². The zero-order valence-electron chi connectivity index (χ0n) is 12.9. The molecule has 0 aliphatic carbocycles. The highest BCUT2D eigenvalue weighted by atomic mass is 32.2. The summed E-state index contributed by atoms with van der Waals surface area (Å²) in [7, 11) is 1.62. The number of methoxy groups -OCH3 is 1. The predicted octanol–water partition coefficient (Wildman–Crippen LogP) is 4.35. The number of nitrogens with one attached hydrogen (secondary N) is 1. The van der Waals surface area contributed by atoms with Gasteiger partial charge in [-0.2, -0.15) is 0 Å². The molecule has 0 bridgehead atoms. The Morgan fingerprint density at radius 1 is 1.18 bits per heavy atom. The first-order chi connectivity index (χ1) is 10.7. The molecular weight excluding hydrogens is 294 g/mol. The molecule has 0 saturated carbocycles. The quantitative estimate of drug-likeness (QED) is 0.825. The zero-order chi connectivity index (χ0) is 15.8. The van der Waals surface area contributed by atoms with Gasteiger partial charge < -0.3 is 10.1 Å². The fourth-order valence-corrected chi connectivity index (χ4v) is 3.11. The van der Waals surface area contributed by atoms with Gasteiger partial charge in [0.1, 0.15) is 5.75 Å². The number of anilines is 1. The van der Waals surface area contributed by atoms with Crippen LogP contribution in [0.3, 0.4) is 0 Å². The van der Waals surface area contributed by atoms with Crippen LogP contribution in [0.1, 0.15) is 18.9 Å². The summed E-state index contributed by atoms with van der Waals surface area (Å²) in [5.74, 6) is 1.62. The summed E-state index contributed by atoms with van der Waals surface area (Å²) < 4.78 is 5.17. The molecule has 2 aromatic carbocycles. The Bertz CT molecular complexity index is 601. The zero-order valence-corrected chi connectivity index (χ0v) is 13.7. The number of carbonyl (C=O) groups excluding carboxylic acids is 1. The summed E-state index contributed by atoms with van der Waals surface area (Å²) >= 11 is 1.67. The van der Waals surface area contributed by atoms with E-state index in [1.807, 2.05) is 49.4 Å². The molecular formula is C18H21NO2S. The summed E-state index contributed by atoms with van der Waals surface area (Å²) in [6.07, 6.45) is 0.799. The van der Waals surface area contributed by atoms with Crippen LogP contribution in [0.4, 0.5) is 5.69 Å². The first-order valence-electron chi connectivity index (χ1n) is 7.33. The van der Waals surface area contributed by atoms with E-state index in [2.05, 4.69) is 17.4 Å². The fraction of sp³-hybridized carbons (Fsp3) is 0.278. The third kappa shape index (κ3) is 4.81. The van der Waals surface area contributed by atoms with Gasteiger partial charge in [0.2, 0.25) is 5.91 Å². The van der Waals surface area contributed by atoms with E-state index in [0.29, 0.717) is 0 Å². The van der Waals surface area contributed by atoms with Crippen molar-refractivity contribution in [3.05, 3.63) is 60.2 Å². The molecule has 0 aromatic heterocycles. The van der Waals surface area contributed by atoms with Gasteiger partial charge in [-0.3, -0.25) is 4.79 Å². The average molecular weight is 315 g/mol. The lowest BCUT2D eigenvalue weighted by Crippen LogP contribution is -2.24. The highest BCUT2D eigenvalue weighted by Crippen LogP contribution is 2.23. The van der Waals surface area contributed by atoms with Crippen LogP contribution in [0, 0.1) is 0 Å². The van der Waals surface area contributed by atoms with Gasteiger partial charge in [0, 0.05) is 17.5 Å². The Balaban J connectivity index is 1.93. The standard InChI is InChI=1S/C18H21NO2S/c1-3-17(22-13-14-8-5-4-6-9-14)18(20)19-15-10-7-11-16(12-15)21-2/h4-12,17H,3,13H2,1-2H3,(H,19,20). The number of hydrogen-bond donors (Lipinski definition) is 1. The van der Waals surface area contributed by atoms with E-state index in [0.717, 1.165) is 23.6 Å². The minimum atomic E-state index is -0.0635. The van der Waals surface area contributed by atoms with Crippen molar-refractivity contribution in [3.63, 3.8) is 0 Å². The number of ether oxygens (including phenoxy) is 1. The third-order valence-corrected chi connectivity index (χ3v) is 4.74. The second-order valence-corrected chi connectivity index (χ2v) is 6.11. The van der Waals surface area contributed by atoms with E-state index in [9.17, 15) is 4.79 Å². The Morgan fingerprint density at radius 2 is 1.95 bits per heavy atom. The van der Waals surface area contributed by atoms with Gasteiger partial charge in [0.05, 0.1) is 12.4 Å². The van der Waals surface area contributed by atoms with E-state index in [1.165, 1.54) is 5.56 Å². The van der Waals surface area contributed by atoms with Crippen LogP contribution >= 0.6 is 11.8 Å². The lowest BCUT2D eigenvalue weighted by molar-refractivity contribution is -0.115. The summed E-state index contributed by atoms with van der Waals surface area (Å²) in [4.78, 5) is 12.4. The van der Waals surface area contributed by atoms with Crippen LogP contribution in [0.2, 0.25) is 0 Å². The minimum Gasteiger partial charge on any atom is -0.497 e. The second-order valence-electron chi connectivity index (χ2n) is 4.91. The largest absolute Gasteiger partial charge is 0.497 e. The molecule has 0 spiro atoms. The first-order valence-corrected chi connectivity index (χ1v) is 8.38. The van der Waals surface area contributed by atoms with Crippen molar-refractivity contribution in [2.24, 2.45) is 0 Å². The summed E-state index contributed by atoms with van der Waals surface area (Å²) in [5, 5.41) is 2.90. The molecule has 1 amide bonds. The fourth-order valence-electron chi connectivity index (χ4n) is 2.07. The third-order valence-electron chi connectivity index (χ3n) is 3.29. The maximum atomic E-state index is 12.4. The van der Waals surface area contributed by atoms with Gasteiger partial charge in [0.25, 0.3) is 0 Å². The van der Waals surface area contributed by atoms with Gasteiger partial charge in [0.15, 0.2) is 0 Å². The Hall–Kier alpha value is -1.94. The Kier molecular flexibility index (Phi) is 6.34. The van der Waals surface area contributed by atoms with Gasteiger partial charge in [-0.15, -0.1) is 11.8 Å². The Labute approximate surface area is 136 Å². The van der Waals surface area contributed by atoms with E-state index >= 15 is 0 Å². The lowest BCUT2D eigenvalue weighted by atomic mass is 10.2. The highest BCUT2D eigenvalue weighted by Gasteiger charge is 2.17. The molecule has 4 heteroatoms. The molecule has 0 heterocycles. The predicted molar refractivity (Wildman–Crippen MR) is 93.4 cm³/mol. The van der Waals surface area contributed by atoms with Crippen LogP contribution in [0.15, 0.2) is 54.6 Å². The van der Waals surface area contributed by atoms with E-state index < -0.39 is 0 Å². The van der Waals surface area contributed by atoms with Crippen molar-refractivity contribution in [2.75, 3.05) is 12.4 Å². The monoisotopic (exact) mass is 315 g/mol. The first kappa shape index (κ1) is 16.4. The van der Waals surface area contributed by atoms with Crippen molar-refractivity contribution in [3.8, 4) is 5.75 Å². The van der Waals surface area contributed by atoms with Crippen LogP contribution in [0.25, 0.3) is 0 Å². The van der Waals surface area contributed by atoms with Crippen molar-refractivity contribution in [1.29, 1.82) is 0 Å². The molecule has 2 aromatic rings. The second kappa shape index (κ2) is 8.49. The molecule has 0 aliphatic heterocycles. The Morgan fingerprint density at radius 3 is 2.64 bits per heavy atom. The molecule has 116 valence electrons. The number of thioether (sulfide) groups is 1. The van der Waals surface area contributed by atoms with Crippen molar-refractivity contribution in [1.82, 2.24) is 0 Å². The number of hydrogen-bond acceptors (Lipinski definition) is 3. The molecule has 0 fully saturated rings. The number of carbonyl (C=O) groups is 1. The molecule has 0 aliphatic rings. The van der Waals surface area contributed by atoms with Gasteiger partial charge >= 0.3 is 0 Å². The number of benzene rings is 2. The number of rotatable bonds is 7. The van der Waals surface area contributed by atoms with Gasteiger partial charge in [-0.1, -0.05) is 43.3 Å². The lowest BCUT2D eigenvalue weighted by Gasteiger charge is -2.15. The average Bonchev–Trinajstić information content (AvgIpc) is 2.56. The molecule has 3 nitrogen and oxygen atoms in total. The van der Waals surface area contributed by atoms with E-state index in [-0.39, 0.29) is 11.2 Å². The van der Waals surface area contributed by atoms with Crippen molar-refractivity contribution >= 4 is 23.4 Å². The maximum Gasteiger partial charge on any atom is 0.237 e. The van der Waals surface area contributed by atoms with E-state index in [1.54, 1.807) is 18.9 Å². The van der Waals surface area contributed by atoms with Crippen LogP contribution in [-0.4, -0.2) is 18.3 Å². The summed E-state index contributed by atoms with van der Waals surface area (Å²) in [5.41, 5.74) is 2.00. The summed E-state index contributed by atoms with van der Waals surface area (Å²) in [6, 6.07) is 17.6. The number of amides is 1. The van der Waals surface area contributed by atoms with Crippen LogP contribution in [-0.2, 0) is 10.5 Å². The smallest absolute Gasteiger partial charge is 0.237 e. The topological polar surface area (TPSA) is 38.3 Å². The molecule has 22 heavy (non-hydrogen) atoms. The highest BCUT2D eigenvalue weighted by molar-refractivity contribution is 7.99. The normalized spacial score (nSPS) is 11.7. The SMILES string of the molecule is CCC(SCc1ccccc1)C(=O)Nc1cccc(OC)c1. The van der Waals surface area contributed by atoms with Gasteiger partial charge in [-0.25, -0.2) is 0 Å². The van der Waals surface area contributed by atoms with Crippen LogP contribution < -0.4 is 10.1 Å². The molecule has 0 radical (unpaired) electrons. The molecule has 1 atom stereocenters. The van der Waals surface area contributed by atoms with Crippen molar-refractivity contribution in [2.45, 2.75) is 24.3 Å². The van der Waals surface area contributed by atoms with Gasteiger partial charge in [-0.05, 0) is 24.1 Å². The minimum absolute atomic E-state index is 0.0386. The summed E-state index contributed by atoms with van der Waals surface area (Å²) in [6.45, 7) is 2.04.